The molecule has 0 aromatic rings. The van der Waals surface area contributed by atoms with Crippen LogP contribution < -0.4 is 10.6 Å². The van der Waals surface area contributed by atoms with E-state index in [1.165, 1.54) is 0 Å². The summed E-state index contributed by atoms with van der Waals surface area (Å²) in [5.74, 6) is 0.0811. The number of ether oxygens (including phenoxy) is 1. The molecule has 3 rings (SSSR count). The van der Waals surface area contributed by atoms with Gasteiger partial charge in [-0.1, -0.05) is 0 Å². The van der Waals surface area contributed by atoms with Crippen molar-refractivity contribution in [3.8, 4) is 0 Å². The van der Waals surface area contributed by atoms with Crippen LogP contribution in [0.3, 0.4) is 0 Å². The van der Waals surface area contributed by atoms with Gasteiger partial charge in [0.2, 0.25) is 11.8 Å². The van der Waals surface area contributed by atoms with Crippen molar-refractivity contribution < 1.29 is 14.3 Å². The zero-order valence-corrected chi connectivity index (χ0v) is 11.9. The highest BCUT2D eigenvalue weighted by atomic mass is 16.5. The Morgan fingerprint density at radius 1 is 1.30 bits per heavy atom. The first-order valence-electron chi connectivity index (χ1n) is 7.56. The van der Waals surface area contributed by atoms with Crippen molar-refractivity contribution in [1.29, 1.82) is 0 Å². The van der Waals surface area contributed by atoms with Crippen molar-refractivity contribution >= 4 is 11.8 Å². The lowest BCUT2D eigenvalue weighted by Gasteiger charge is -2.26. The molecule has 2 saturated heterocycles. The molecule has 0 bridgehead atoms. The number of hydrogen-bond donors (Lipinski definition) is 2. The maximum Gasteiger partial charge on any atom is 0.243 e. The normalized spacial score (nSPS) is 33.5. The predicted molar refractivity (Wildman–Crippen MR) is 73.1 cm³/mol. The highest BCUT2D eigenvalue weighted by Crippen LogP contribution is 2.24. The van der Waals surface area contributed by atoms with Crippen LogP contribution in [0.5, 0.6) is 0 Å². The number of rotatable bonds is 4. The number of carbonyl (C=O) groups excluding carboxylic acids is 2. The van der Waals surface area contributed by atoms with E-state index in [1.54, 1.807) is 12.0 Å². The lowest BCUT2D eigenvalue weighted by atomic mass is 10.1. The molecule has 2 heterocycles. The lowest BCUT2D eigenvalue weighted by Crippen LogP contribution is -2.51. The first-order valence-corrected chi connectivity index (χ1v) is 7.56. The molecule has 6 nitrogen and oxygen atoms in total. The number of likely N-dealkylation sites (tertiary alicyclic amines) is 1. The molecule has 3 fully saturated rings. The van der Waals surface area contributed by atoms with Crippen molar-refractivity contribution in [3.05, 3.63) is 0 Å². The second kappa shape index (κ2) is 5.69. The molecule has 3 unspecified atom stereocenters. The zero-order valence-electron chi connectivity index (χ0n) is 11.9. The van der Waals surface area contributed by atoms with E-state index in [4.69, 9.17) is 4.74 Å². The first-order chi connectivity index (χ1) is 9.69. The zero-order chi connectivity index (χ0) is 14.1. The van der Waals surface area contributed by atoms with Crippen molar-refractivity contribution in [2.45, 2.75) is 56.3 Å². The molecule has 2 aliphatic heterocycles. The minimum Gasteiger partial charge on any atom is -0.380 e. The molecule has 0 aromatic carbocycles. The van der Waals surface area contributed by atoms with Crippen LogP contribution in [0.1, 0.15) is 32.1 Å². The number of methoxy groups -OCH3 is 1. The molecule has 1 aliphatic carbocycles. The van der Waals surface area contributed by atoms with Gasteiger partial charge in [0.05, 0.1) is 12.1 Å². The number of carbonyl (C=O) groups is 2. The Balaban J connectivity index is 1.59. The fourth-order valence-corrected chi connectivity index (χ4v) is 3.10. The van der Waals surface area contributed by atoms with Gasteiger partial charge < -0.3 is 20.3 Å². The number of nitrogens with one attached hydrogen (secondary N) is 2. The lowest BCUT2D eigenvalue weighted by molar-refractivity contribution is -0.139. The van der Waals surface area contributed by atoms with Crippen LogP contribution in [0.15, 0.2) is 0 Å². The van der Waals surface area contributed by atoms with E-state index in [-0.39, 0.29) is 30.0 Å². The molecule has 0 spiro atoms. The Bertz CT molecular complexity index is 397. The largest absolute Gasteiger partial charge is 0.380 e. The van der Waals surface area contributed by atoms with Crippen molar-refractivity contribution in [1.82, 2.24) is 15.5 Å². The molecule has 0 radical (unpaired) electrons. The summed E-state index contributed by atoms with van der Waals surface area (Å²) in [5, 5.41) is 6.21. The van der Waals surface area contributed by atoms with E-state index in [0.717, 1.165) is 25.7 Å². The van der Waals surface area contributed by atoms with E-state index in [2.05, 4.69) is 10.6 Å². The van der Waals surface area contributed by atoms with E-state index in [9.17, 15) is 9.59 Å². The van der Waals surface area contributed by atoms with Crippen LogP contribution in [0, 0.1) is 0 Å². The Kier molecular flexibility index (Phi) is 3.94. The van der Waals surface area contributed by atoms with Crippen LogP contribution in [0.2, 0.25) is 0 Å². The van der Waals surface area contributed by atoms with Gasteiger partial charge in [0, 0.05) is 26.2 Å². The third kappa shape index (κ3) is 2.81. The molecule has 2 amide bonds. The standard InChI is InChI=1S/C14H23N3O3/c1-20-10-7-11(15-8-10)14(19)17-6-2-3-12(17)13(18)16-9-4-5-9/h9-12,15H,2-8H2,1H3,(H,16,18). The molecule has 1 saturated carbocycles. The van der Waals surface area contributed by atoms with E-state index in [1.807, 2.05) is 0 Å². The van der Waals surface area contributed by atoms with Gasteiger partial charge in [-0.3, -0.25) is 9.59 Å². The van der Waals surface area contributed by atoms with Crippen LogP contribution in [0.25, 0.3) is 0 Å². The summed E-state index contributed by atoms with van der Waals surface area (Å²) in [6, 6.07) is -0.122. The highest BCUT2D eigenvalue weighted by molar-refractivity contribution is 5.90. The van der Waals surface area contributed by atoms with Gasteiger partial charge in [-0.2, -0.15) is 0 Å². The predicted octanol–water partition coefficient (Wildman–Crippen LogP) is -0.367. The topological polar surface area (TPSA) is 70.7 Å². The first kappa shape index (κ1) is 13.8. The maximum absolute atomic E-state index is 12.6. The SMILES string of the molecule is COC1CNC(C(=O)N2CCCC2C(=O)NC2CC2)C1. The fourth-order valence-electron chi connectivity index (χ4n) is 3.10. The summed E-state index contributed by atoms with van der Waals surface area (Å²) in [5.41, 5.74) is 0. The van der Waals surface area contributed by atoms with Crippen LogP contribution in [0.4, 0.5) is 0 Å². The highest BCUT2D eigenvalue weighted by Gasteiger charge is 2.40. The minimum atomic E-state index is -0.272. The number of amides is 2. The van der Waals surface area contributed by atoms with Gasteiger partial charge in [0.15, 0.2) is 0 Å². The monoisotopic (exact) mass is 281 g/mol. The van der Waals surface area contributed by atoms with Crippen LogP contribution in [-0.2, 0) is 14.3 Å². The summed E-state index contributed by atoms with van der Waals surface area (Å²) >= 11 is 0. The molecule has 20 heavy (non-hydrogen) atoms. The van der Waals surface area contributed by atoms with Crippen molar-refractivity contribution in [3.63, 3.8) is 0 Å². The average molecular weight is 281 g/mol. The molecule has 2 N–H and O–H groups in total. The molecule has 3 aliphatic rings. The average Bonchev–Trinajstić information content (AvgIpc) is 2.99. The smallest absolute Gasteiger partial charge is 0.243 e. The Hall–Kier alpha value is -1.14. The minimum absolute atomic E-state index is 0.0274. The molecule has 3 atom stereocenters. The van der Waals surface area contributed by atoms with E-state index < -0.39 is 0 Å². The number of hydrogen-bond acceptors (Lipinski definition) is 4. The molecular formula is C14H23N3O3. The number of nitrogens with zero attached hydrogens (tertiary/aromatic N) is 1. The van der Waals surface area contributed by atoms with Gasteiger partial charge in [0.1, 0.15) is 6.04 Å². The summed E-state index contributed by atoms with van der Waals surface area (Å²) in [6.45, 7) is 1.40. The van der Waals surface area contributed by atoms with E-state index >= 15 is 0 Å². The van der Waals surface area contributed by atoms with Crippen molar-refractivity contribution in [2.24, 2.45) is 0 Å². The second-order valence-corrected chi connectivity index (χ2v) is 6.03. The van der Waals surface area contributed by atoms with Gasteiger partial charge in [-0.05, 0) is 32.1 Å². The Morgan fingerprint density at radius 3 is 2.75 bits per heavy atom. The quantitative estimate of drug-likeness (QED) is 0.738. The van der Waals surface area contributed by atoms with Gasteiger partial charge in [0.25, 0.3) is 0 Å². The summed E-state index contributed by atoms with van der Waals surface area (Å²) in [4.78, 5) is 26.5. The third-order valence-electron chi connectivity index (χ3n) is 4.48. The molecular weight excluding hydrogens is 258 g/mol. The second-order valence-electron chi connectivity index (χ2n) is 6.03. The summed E-state index contributed by atoms with van der Waals surface area (Å²) in [6.07, 6.45) is 4.64. The fraction of sp³-hybridized carbons (Fsp3) is 0.857. The van der Waals surface area contributed by atoms with Crippen LogP contribution >= 0.6 is 0 Å². The van der Waals surface area contributed by atoms with Crippen LogP contribution in [-0.4, -0.2) is 61.1 Å². The summed E-state index contributed by atoms with van der Waals surface area (Å²) in [7, 11) is 1.67. The molecule has 0 aromatic heterocycles. The Morgan fingerprint density at radius 2 is 2.10 bits per heavy atom. The van der Waals surface area contributed by atoms with Gasteiger partial charge >= 0.3 is 0 Å². The summed E-state index contributed by atoms with van der Waals surface area (Å²) < 4.78 is 5.28. The molecule has 6 heteroatoms. The third-order valence-corrected chi connectivity index (χ3v) is 4.48. The molecule has 112 valence electrons. The van der Waals surface area contributed by atoms with E-state index in [0.29, 0.717) is 25.6 Å². The Labute approximate surface area is 119 Å². The van der Waals surface area contributed by atoms with Crippen molar-refractivity contribution in [2.75, 3.05) is 20.2 Å². The van der Waals surface area contributed by atoms with Gasteiger partial charge in [-0.15, -0.1) is 0 Å². The maximum atomic E-state index is 12.6. The van der Waals surface area contributed by atoms with Gasteiger partial charge in [-0.25, -0.2) is 0 Å².